The van der Waals surface area contributed by atoms with Gasteiger partial charge in [0, 0.05) is 6.54 Å². The van der Waals surface area contributed by atoms with Gasteiger partial charge in [0.15, 0.2) is 0 Å². The highest BCUT2D eigenvalue weighted by molar-refractivity contribution is 5.17. The van der Waals surface area contributed by atoms with E-state index in [0.29, 0.717) is 23.9 Å². The predicted octanol–water partition coefficient (Wildman–Crippen LogP) is 2.17. The normalized spacial score (nSPS) is 19.2. The van der Waals surface area contributed by atoms with Crippen molar-refractivity contribution < 1.29 is 4.42 Å². The number of aromatic nitrogens is 2. The van der Waals surface area contributed by atoms with Crippen LogP contribution in [0.5, 0.6) is 0 Å². The van der Waals surface area contributed by atoms with Gasteiger partial charge >= 0.3 is 6.01 Å². The van der Waals surface area contributed by atoms with Gasteiger partial charge in [0.05, 0.1) is 6.54 Å². The third kappa shape index (κ3) is 3.43. The van der Waals surface area contributed by atoms with Crippen LogP contribution in [0.4, 0.5) is 6.01 Å². The zero-order valence-electron chi connectivity index (χ0n) is 10.8. The van der Waals surface area contributed by atoms with Crippen molar-refractivity contribution in [1.82, 2.24) is 15.5 Å². The molecule has 5 heteroatoms. The molecule has 1 saturated carbocycles. The molecule has 0 radical (unpaired) electrons. The highest BCUT2D eigenvalue weighted by Crippen LogP contribution is 2.35. The van der Waals surface area contributed by atoms with E-state index in [-0.39, 0.29) is 0 Å². The summed E-state index contributed by atoms with van der Waals surface area (Å²) in [7, 11) is 1.86. The largest absolute Gasteiger partial charge is 0.407 e. The Morgan fingerprint density at radius 1 is 1.24 bits per heavy atom. The van der Waals surface area contributed by atoms with Crippen LogP contribution >= 0.6 is 0 Å². The number of nitrogens with one attached hydrogen (secondary N) is 2. The van der Waals surface area contributed by atoms with Gasteiger partial charge in [-0.1, -0.05) is 31.3 Å². The summed E-state index contributed by atoms with van der Waals surface area (Å²) in [6, 6.07) is 0.544. The standard InChI is InChI=1S/C12H22N4O/c1-12(6-4-3-5-7-12)9-14-11-16-15-10(17-11)8-13-2/h13H,3-9H2,1-2H3,(H,14,16). The summed E-state index contributed by atoms with van der Waals surface area (Å²) < 4.78 is 5.46. The van der Waals surface area contributed by atoms with Crippen LogP contribution in [-0.4, -0.2) is 23.8 Å². The fourth-order valence-corrected chi connectivity index (χ4v) is 2.42. The molecule has 0 aromatic carbocycles. The second-order valence-electron chi connectivity index (χ2n) is 5.26. The molecule has 0 aliphatic heterocycles. The molecular weight excluding hydrogens is 216 g/mol. The van der Waals surface area contributed by atoms with E-state index < -0.39 is 0 Å². The maximum absolute atomic E-state index is 5.46. The Hall–Kier alpha value is -1.10. The van der Waals surface area contributed by atoms with Gasteiger partial charge in [-0.2, -0.15) is 0 Å². The lowest BCUT2D eigenvalue weighted by molar-refractivity contribution is 0.231. The zero-order valence-corrected chi connectivity index (χ0v) is 10.8. The summed E-state index contributed by atoms with van der Waals surface area (Å²) in [5.74, 6) is 0.629. The van der Waals surface area contributed by atoms with Crippen molar-refractivity contribution in [3.63, 3.8) is 0 Å². The van der Waals surface area contributed by atoms with Gasteiger partial charge in [0.25, 0.3) is 0 Å². The maximum atomic E-state index is 5.46. The molecule has 96 valence electrons. The lowest BCUT2D eigenvalue weighted by Crippen LogP contribution is -2.28. The molecule has 1 heterocycles. The fourth-order valence-electron chi connectivity index (χ4n) is 2.42. The van der Waals surface area contributed by atoms with Gasteiger partial charge in [0.1, 0.15) is 0 Å². The van der Waals surface area contributed by atoms with Crippen LogP contribution in [0.1, 0.15) is 44.9 Å². The third-order valence-corrected chi connectivity index (χ3v) is 3.52. The van der Waals surface area contributed by atoms with Crippen LogP contribution in [0.3, 0.4) is 0 Å². The molecule has 1 aromatic rings. The van der Waals surface area contributed by atoms with Crippen LogP contribution in [0, 0.1) is 5.41 Å². The molecule has 1 fully saturated rings. The lowest BCUT2D eigenvalue weighted by atomic mass is 9.76. The molecule has 1 aliphatic rings. The number of anilines is 1. The van der Waals surface area contributed by atoms with Crippen molar-refractivity contribution in [2.75, 3.05) is 18.9 Å². The molecule has 1 aliphatic carbocycles. The minimum absolute atomic E-state index is 0.385. The van der Waals surface area contributed by atoms with Crippen molar-refractivity contribution >= 4 is 6.01 Å². The van der Waals surface area contributed by atoms with Gasteiger partial charge in [-0.25, -0.2) is 0 Å². The summed E-state index contributed by atoms with van der Waals surface area (Å²) in [6.07, 6.45) is 6.64. The monoisotopic (exact) mass is 238 g/mol. The van der Waals surface area contributed by atoms with E-state index >= 15 is 0 Å². The van der Waals surface area contributed by atoms with Crippen LogP contribution in [0.25, 0.3) is 0 Å². The molecule has 0 atom stereocenters. The SMILES string of the molecule is CNCc1nnc(NCC2(C)CCCCC2)o1. The molecule has 5 nitrogen and oxygen atoms in total. The summed E-state index contributed by atoms with van der Waals surface area (Å²) in [4.78, 5) is 0. The van der Waals surface area contributed by atoms with Gasteiger partial charge in [0.2, 0.25) is 5.89 Å². The van der Waals surface area contributed by atoms with Crippen molar-refractivity contribution in [3.8, 4) is 0 Å². The molecule has 0 unspecified atom stereocenters. The van der Waals surface area contributed by atoms with Crippen molar-refractivity contribution in [1.29, 1.82) is 0 Å². The molecule has 1 aromatic heterocycles. The Bertz CT molecular complexity index is 344. The molecule has 17 heavy (non-hydrogen) atoms. The zero-order chi connectivity index (χ0) is 12.1. The Morgan fingerprint density at radius 3 is 2.71 bits per heavy atom. The van der Waals surface area contributed by atoms with Crippen LogP contribution < -0.4 is 10.6 Å². The molecule has 2 rings (SSSR count). The highest BCUT2D eigenvalue weighted by atomic mass is 16.4. The molecule has 0 bridgehead atoms. The van der Waals surface area contributed by atoms with Crippen molar-refractivity contribution in [2.45, 2.75) is 45.6 Å². The van der Waals surface area contributed by atoms with Gasteiger partial charge < -0.3 is 15.1 Å². The number of hydrogen-bond acceptors (Lipinski definition) is 5. The van der Waals surface area contributed by atoms with E-state index in [1.807, 2.05) is 7.05 Å². The predicted molar refractivity (Wildman–Crippen MR) is 66.7 cm³/mol. The Balaban J connectivity index is 1.83. The average molecular weight is 238 g/mol. The number of hydrogen-bond donors (Lipinski definition) is 2. The van der Waals surface area contributed by atoms with Crippen LogP contribution in [-0.2, 0) is 6.54 Å². The van der Waals surface area contributed by atoms with Crippen LogP contribution in [0.15, 0.2) is 4.42 Å². The minimum Gasteiger partial charge on any atom is -0.407 e. The first-order valence-corrected chi connectivity index (χ1v) is 6.43. The molecule has 0 spiro atoms. The topological polar surface area (TPSA) is 63.0 Å². The van der Waals surface area contributed by atoms with E-state index in [1.165, 1.54) is 32.1 Å². The fraction of sp³-hybridized carbons (Fsp3) is 0.833. The second kappa shape index (κ2) is 5.49. The van der Waals surface area contributed by atoms with E-state index in [2.05, 4.69) is 27.8 Å². The number of nitrogens with zero attached hydrogens (tertiary/aromatic N) is 2. The molecule has 0 saturated heterocycles. The van der Waals surface area contributed by atoms with E-state index in [4.69, 9.17) is 4.42 Å². The first-order chi connectivity index (χ1) is 8.22. The van der Waals surface area contributed by atoms with Gasteiger partial charge in [-0.15, -0.1) is 5.10 Å². The van der Waals surface area contributed by atoms with E-state index in [1.54, 1.807) is 0 Å². The number of rotatable bonds is 5. The smallest absolute Gasteiger partial charge is 0.315 e. The summed E-state index contributed by atoms with van der Waals surface area (Å²) in [5.41, 5.74) is 0.385. The Morgan fingerprint density at radius 2 is 2.00 bits per heavy atom. The Labute approximate surface area is 102 Å². The maximum Gasteiger partial charge on any atom is 0.315 e. The Kier molecular flexibility index (Phi) is 3.99. The molecular formula is C12H22N4O. The molecule has 2 N–H and O–H groups in total. The second-order valence-corrected chi connectivity index (χ2v) is 5.26. The van der Waals surface area contributed by atoms with Gasteiger partial charge in [-0.05, 0) is 25.3 Å². The summed E-state index contributed by atoms with van der Waals surface area (Å²) in [6.45, 7) is 3.88. The highest BCUT2D eigenvalue weighted by Gasteiger charge is 2.26. The van der Waals surface area contributed by atoms with Crippen molar-refractivity contribution in [2.24, 2.45) is 5.41 Å². The summed E-state index contributed by atoms with van der Waals surface area (Å²) >= 11 is 0. The van der Waals surface area contributed by atoms with Crippen LogP contribution in [0.2, 0.25) is 0 Å². The van der Waals surface area contributed by atoms with E-state index in [9.17, 15) is 0 Å². The average Bonchev–Trinajstić information content (AvgIpc) is 2.76. The first kappa shape index (κ1) is 12.4. The minimum atomic E-state index is 0.385. The van der Waals surface area contributed by atoms with E-state index in [0.717, 1.165) is 6.54 Å². The van der Waals surface area contributed by atoms with Gasteiger partial charge in [-0.3, -0.25) is 0 Å². The quantitative estimate of drug-likeness (QED) is 0.823. The lowest BCUT2D eigenvalue weighted by Gasteiger charge is -2.33. The first-order valence-electron chi connectivity index (χ1n) is 6.43. The van der Waals surface area contributed by atoms with Crippen molar-refractivity contribution in [3.05, 3.63) is 5.89 Å². The third-order valence-electron chi connectivity index (χ3n) is 3.52. The summed E-state index contributed by atoms with van der Waals surface area (Å²) in [5, 5.41) is 14.2. The molecule has 0 amide bonds.